The van der Waals surface area contributed by atoms with Crippen LogP contribution in [0, 0.1) is 0 Å². The number of amides is 1. The molecule has 0 atom stereocenters. The van der Waals surface area contributed by atoms with E-state index in [0.717, 1.165) is 13.0 Å². The second-order valence-corrected chi connectivity index (χ2v) is 8.64. The van der Waals surface area contributed by atoms with Crippen LogP contribution in [0.4, 0.5) is 5.69 Å². The van der Waals surface area contributed by atoms with Crippen molar-refractivity contribution in [3.8, 4) is 5.75 Å². The summed E-state index contributed by atoms with van der Waals surface area (Å²) in [7, 11) is -0.198. The van der Waals surface area contributed by atoms with Gasteiger partial charge >= 0.3 is 0 Å². The number of hydrogen-bond donors (Lipinski definition) is 2. The van der Waals surface area contributed by atoms with Crippen LogP contribution in [-0.4, -0.2) is 48.1 Å². The number of nitrogens with zero attached hydrogens (tertiary/aromatic N) is 1. The fraction of sp³-hybridized carbons (Fsp3) is 0.353. The first kappa shape index (κ1) is 23.2. The molecule has 2 N–H and O–H groups in total. The quantitative estimate of drug-likeness (QED) is 0.560. The van der Waals surface area contributed by atoms with Gasteiger partial charge in [0.1, 0.15) is 9.96 Å². The second kappa shape index (κ2) is 11.1. The number of carbonyl (C=O) groups excluding carboxylic acids is 1. The van der Waals surface area contributed by atoms with Gasteiger partial charge in [-0.1, -0.05) is 6.07 Å². The predicted octanol–water partition coefficient (Wildman–Crippen LogP) is 2.10. The molecule has 7 nitrogen and oxygen atoms in total. The molecule has 1 amide bonds. The van der Waals surface area contributed by atoms with Crippen LogP contribution >= 0.6 is 23.7 Å². The third-order valence-corrected chi connectivity index (χ3v) is 6.76. The van der Waals surface area contributed by atoms with Crippen molar-refractivity contribution in [3.05, 3.63) is 41.8 Å². The summed E-state index contributed by atoms with van der Waals surface area (Å²) in [6, 6.07) is 9.85. The summed E-state index contributed by atoms with van der Waals surface area (Å²) in [5.41, 5.74) is 0.516. The zero-order valence-electron chi connectivity index (χ0n) is 15.2. The van der Waals surface area contributed by atoms with Gasteiger partial charge in [-0.2, -0.15) is 0 Å². The first-order valence-electron chi connectivity index (χ1n) is 8.11. The maximum atomic E-state index is 12.5. The van der Waals surface area contributed by atoms with Crippen molar-refractivity contribution in [3.63, 3.8) is 0 Å². The van der Waals surface area contributed by atoms with Crippen molar-refractivity contribution in [2.75, 3.05) is 38.1 Å². The Bertz CT molecular complexity index is 796. The van der Waals surface area contributed by atoms with E-state index in [1.165, 1.54) is 22.7 Å². The fourth-order valence-electron chi connectivity index (χ4n) is 2.13. The first-order valence-corrected chi connectivity index (χ1v) is 10.4. The molecule has 1 heterocycles. The molecule has 150 valence electrons. The molecule has 0 spiro atoms. The number of ether oxygens (including phenoxy) is 1. The molecule has 0 radical (unpaired) electrons. The monoisotopic (exact) mass is 433 g/mol. The number of halogens is 1. The number of carbonyl (C=O) groups is 1. The minimum atomic E-state index is -3.56. The molecule has 2 rings (SSSR count). The number of thiophene rings is 1. The lowest BCUT2D eigenvalue weighted by Crippen LogP contribution is -2.31. The summed E-state index contributed by atoms with van der Waals surface area (Å²) in [4.78, 5) is 11.7. The van der Waals surface area contributed by atoms with Gasteiger partial charge in [0.15, 0.2) is 6.61 Å². The standard InChI is InChI=1S/C17H23N3O4S2.ClH/c1-18-10-4-11-19-16(21)13-24-15-8-6-14(7-9-15)20(2)26(22,23)17-5-3-12-25-17;/h3,5-9,12,18H,4,10-11,13H2,1-2H3,(H,19,21);1H. The first-order chi connectivity index (χ1) is 12.4. The van der Waals surface area contributed by atoms with Gasteiger partial charge in [0.05, 0.1) is 5.69 Å². The van der Waals surface area contributed by atoms with Crippen LogP contribution in [0.2, 0.25) is 0 Å². The molecule has 0 aliphatic heterocycles. The van der Waals surface area contributed by atoms with Gasteiger partial charge in [-0.15, -0.1) is 23.7 Å². The molecule has 27 heavy (non-hydrogen) atoms. The van der Waals surface area contributed by atoms with Crippen molar-refractivity contribution in [1.82, 2.24) is 10.6 Å². The Morgan fingerprint density at radius 1 is 1.19 bits per heavy atom. The van der Waals surface area contributed by atoms with Gasteiger partial charge in [-0.05, 0) is 55.7 Å². The Kier molecular flexibility index (Phi) is 9.57. The minimum Gasteiger partial charge on any atom is -0.484 e. The maximum Gasteiger partial charge on any atom is 0.273 e. The summed E-state index contributed by atoms with van der Waals surface area (Å²) in [6.45, 7) is 1.35. The molecule has 0 bridgehead atoms. The maximum absolute atomic E-state index is 12.5. The van der Waals surface area contributed by atoms with Gasteiger partial charge in [0.2, 0.25) is 0 Å². The molecule has 0 fully saturated rings. The fourth-order valence-corrected chi connectivity index (χ4v) is 4.49. The summed E-state index contributed by atoms with van der Waals surface area (Å²) < 4.78 is 31.9. The Balaban J connectivity index is 0.00000364. The topological polar surface area (TPSA) is 87.7 Å². The summed E-state index contributed by atoms with van der Waals surface area (Å²) >= 11 is 1.17. The SMILES string of the molecule is CNCCCNC(=O)COc1ccc(N(C)S(=O)(=O)c2cccs2)cc1.Cl. The lowest BCUT2D eigenvalue weighted by Gasteiger charge is -2.18. The van der Waals surface area contributed by atoms with Crippen molar-refractivity contribution < 1.29 is 17.9 Å². The lowest BCUT2D eigenvalue weighted by molar-refractivity contribution is -0.123. The van der Waals surface area contributed by atoms with Crippen molar-refractivity contribution in [1.29, 1.82) is 0 Å². The Morgan fingerprint density at radius 2 is 1.89 bits per heavy atom. The zero-order chi connectivity index (χ0) is 19.0. The highest BCUT2D eigenvalue weighted by Gasteiger charge is 2.22. The van der Waals surface area contributed by atoms with E-state index in [1.54, 1.807) is 41.8 Å². The molecule has 0 saturated heterocycles. The van der Waals surface area contributed by atoms with E-state index in [2.05, 4.69) is 10.6 Å². The normalized spacial score (nSPS) is 10.7. The molecule has 0 saturated carbocycles. The van der Waals surface area contributed by atoms with E-state index >= 15 is 0 Å². The van der Waals surface area contributed by atoms with E-state index < -0.39 is 10.0 Å². The van der Waals surface area contributed by atoms with Crippen molar-refractivity contribution in [2.24, 2.45) is 0 Å². The third kappa shape index (κ3) is 6.69. The smallest absolute Gasteiger partial charge is 0.273 e. The van der Waals surface area contributed by atoms with E-state index in [0.29, 0.717) is 18.0 Å². The highest BCUT2D eigenvalue weighted by Crippen LogP contribution is 2.26. The Morgan fingerprint density at radius 3 is 2.48 bits per heavy atom. The number of hydrogen-bond acceptors (Lipinski definition) is 6. The van der Waals surface area contributed by atoms with E-state index in [-0.39, 0.29) is 29.1 Å². The minimum absolute atomic E-state index is 0. The van der Waals surface area contributed by atoms with Gasteiger partial charge in [0.25, 0.3) is 15.9 Å². The summed E-state index contributed by atoms with van der Waals surface area (Å²) in [6.07, 6.45) is 0.849. The van der Waals surface area contributed by atoms with E-state index in [1.807, 2.05) is 7.05 Å². The summed E-state index contributed by atoms with van der Waals surface area (Å²) in [5, 5.41) is 7.49. The Hall–Kier alpha value is -1.81. The van der Waals surface area contributed by atoms with Gasteiger partial charge in [-0.3, -0.25) is 9.10 Å². The highest BCUT2D eigenvalue weighted by atomic mass is 35.5. The molecule has 10 heteroatoms. The van der Waals surface area contributed by atoms with Crippen LogP contribution in [0.3, 0.4) is 0 Å². The number of anilines is 1. The third-order valence-electron chi connectivity index (χ3n) is 3.61. The predicted molar refractivity (Wildman–Crippen MR) is 111 cm³/mol. The average Bonchev–Trinajstić information content (AvgIpc) is 3.19. The zero-order valence-corrected chi connectivity index (χ0v) is 17.6. The number of sulfonamides is 1. The van der Waals surface area contributed by atoms with E-state index in [9.17, 15) is 13.2 Å². The molecule has 1 aromatic heterocycles. The van der Waals surface area contributed by atoms with Crippen LogP contribution in [0.25, 0.3) is 0 Å². The van der Waals surface area contributed by atoms with E-state index in [4.69, 9.17) is 4.74 Å². The van der Waals surface area contributed by atoms with Gasteiger partial charge in [0, 0.05) is 13.6 Å². The molecule has 0 aliphatic carbocycles. The number of rotatable bonds is 10. The number of benzene rings is 1. The second-order valence-electron chi connectivity index (χ2n) is 5.49. The molecular weight excluding hydrogens is 410 g/mol. The van der Waals surface area contributed by atoms with Crippen LogP contribution < -0.4 is 19.7 Å². The molecule has 2 aromatic rings. The Labute approximate surface area is 170 Å². The average molecular weight is 434 g/mol. The van der Waals surface area contributed by atoms with Gasteiger partial charge < -0.3 is 15.4 Å². The van der Waals surface area contributed by atoms with Crippen LogP contribution in [0.5, 0.6) is 5.75 Å². The summed E-state index contributed by atoms with van der Waals surface area (Å²) in [5.74, 6) is 0.309. The largest absolute Gasteiger partial charge is 0.484 e. The molecule has 1 aromatic carbocycles. The highest BCUT2D eigenvalue weighted by molar-refractivity contribution is 7.94. The van der Waals surface area contributed by atoms with Gasteiger partial charge in [-0.25, -0.2) is 8.42 Å². The molecule has 0 aliphatic rings. The van der Waals surface area contributed by atoms with Crippen molar-refractivity contribution in [2.45, 2.75) is 10.6 Å². The molecular formula is C17H24ClN3O4S2. The molecule has 0 unspecified atom stereocenters. The van der Waals surface area contributed by atoms with Crippen molar-refractivity contribution >= 4 is 45.4 Å². The van der Waals surface area contributed by atoms with Crippen LogP contribution in [-0.2, 0) is 14.8 Å². The lowest BCUT2D eigenvalue weighted by atomic mass is 10.3. The van der Waals surface area contributed by atoms with Crippen LogP contribution in [0.1, 0.15) is 6.42 Å². The van der Waals surface area contributed by atoms with Crippen LogP contribution in [0.15, 0.2) is 46.0 Å². The number of nitrogens with one attached hydrogen (secondary N) is 2.